The summed E-state index contributed by atoms with van der Waals surface area (Å²) in [5, 5.41) is 19.1. The lowest BCUT2D eigenvalue weighted by atomic mass is 9.95. The molecule has 0 radical (unpaired) electrons. The lowest BCUT2D eigenvalue weighted by molar-refractivity contribution is -0.142. The Morgan fingerprint density at radius 2 is 1.95 bits per heavy atom. The number of urea groups is 1. The molecule has 108 valence electrons. The predicted molar refractivity (Wildman–Crippen MR) is 68.7 cm³/mol. The van der Waals surface area contributed by atoms with E-state index in [1.54, 1.807) is 16.7 Å². The fraction of sp³-hybridized carbons (Fsp3) is 0.846. The van der Waals surface area contributed by atoms with E-state index >= 15 is 0 Å². The number of nitrogens with zero attached hydrogens (tertiary/aromatic N) is 2. The van der Waals surface area contributed by atoms with Crippen LogP contribution in [0.4, 0.5) is 4.79 Å². The number of amides is 2. The summed E-state index contributed by atoms with van der Waals surface area (Å²) in [6.45, 7) is 5.31. The number of carboxylic acids is 1. The van der Waals surface area contributed by atoms with E-state index in [9.17, 15) is 14.7 Å². The molecule has 2 aliphatic heterocycles. The number of carbonyl (C=O) groups excluding carboxylic acids is 1. The van der Waals surface area contributed by atoms with Gasteiger partial charge in [-0.3, -0.25) is 4.79 Å². The van der Waals surface area contributed by atoms with Crippen LogP contribution in [0.15, 0.2) is 0 Å². The maximum Gasteiger partial charge on any atom is 0.320 e. The van der Waals surface area contributed by atoms with Crippen LogP contribution in [0.5, 0.6) is 0 Å². The first-order valence-corrected chi connectivity index (χ1v) is 6.79. The molecule has 2 rings (SSSR count). The van der Waals surface area contributed by atoms with Crippen LogP contribution in [-0.4, -0.2) is 63.8 Å². The third kappa shape index (κ3) is 3.00. The summed E-state index contributed by atoms with van der Waals surface area (Å²) in [6, 6.07) is -0.143. The summed E-state index contributed by atoms with van der Waals surface area (Å²) in [6.07, 6.45) is 1.48. The molecule has 2 saturated heterocycles. The molecule has 19 heavy (non-hydrogen) atoms. The Kier molecular flexibility index (Phi) is 3.71. The van der Waals surface area contributed by atoms with Gasteiger partial charge in [0.15, 0.2) is 0 Å². The molecule has 2 heterocycles. The molecule has 2 fully saturated rings. The zero-order valence-corrected chi connectivity index (χ0v) is 11.5. The predicted octanol–water partition coefficient (Wildman–Crippen LogP) is 0.606. The molecule has 6 nitrogen and oxygen atoms in total. The summed E-state index contributed by atoms with van der Waals surface area (Å²) in [5.74, 6) is -1.34. The van der Waals surface area contributed by atoms with Crippen molar-refractivity contribution in [2.45, 2.75) is 32.3 Å². The van der Waals surface area contributed by atoms with Crippen LogP contribution in [0, 0.1) is 11.8 Å². The van der Waals surface area contributed by atoms with Gasteiger partial charge in [-0.1, -0.05) is 6.92 Å². The number of carbonyl (C=O) groups is 2. The first kappa shape index (κ1) is 14.1. The third-order valence-corrected chi connectivity index (χ3v) is 4.15. The van der Waals surface area contributed by atoms with Crippen LogP contribution in [0.3, 0.4) is 0 Å². The Bertz CT molecular complexity index is 383. The van der Waals surface area contributed by atoms with E-state index in [-0.39, 0.29) is 18.5 Å². The topological polar surface area (TPSA) is 81.1 Å². The van der Waals surface area contributed by atoms with E-state index in [0.29, 0.717) is 26.1 Å². The smallest absolute Gasteiger partial charge is 0.320 e. The molecule has 3 atom stereocenters. The van der Waals surface area contributed by atoms with Gasteiger partial charge < -0.3 is 20.0 Å². The minimum atomic E-state index is -0.839. The van der Waals surface area contributed by atoms with Crippen molar-refractivity contribution in [1.29, 1.82) is 0 Å². The fourth-order valence-electron chi connectivity index (χ4n) is 3.03. The molecular formula is C13H22N2O4. The van der Waals surface area contributed by atoms with Gasteiger partial charge in [0.2, 0.25) is 0 Å². The van der Waals surface area contributed by atoms with Gasteiger partial charge >= 0.3 is 12.0 Å². The molecular weight excluding hydrogens is 248 g/mol. The van der Waals surface area contributed by atoms with E-state index in [1.165, 1.54) is 0 Å². The number of rotatable bonds is 1. The molecule has 0 spiro atoms. The number of β-amino-alcohol motifs (C(OH)–C–C–N with tert-alkyl or cyclic N) is 1. The number of carboxylic acid groups (broad SMARTS) is 1. The maximum atomic E-state index is 12.3. The van der Waals surface area contributed by atoms with Crippen molar-refractivity contribution in [3.63, 3.8) is 0 Å². The van der Waals surface area contributed by atoms with Crippen molar-refractivity contribution in [3.8, 4) is 0 Å². The molecule has 0 aromatic carbocycles. The highest BCUT2D eigenvalue weighted by Gasteiger charge is 2.40. The second-order valence-corrected chi connectivity index (χ2v) is 6.13. The van der Waals surface area contributed by atoms with Crippen LogP contribution < -0.4 is 0 Å². The van der Waals surface area contributed by atoms with Crippen LogP contribution in [0.25, 0.3) is 0 Å². The van der Waals surface area contributed by atoms with Gasteiger partial charge in [-0.15, -0.1) is 0 Å². The largest absolute Gasteiger partial charge is 0.481 e. The zero-order valence-electron chi connectivity index (χ0n) is 11.5. The number of likely N-dealkylation sites (tertiary alicyclic amines) is 2. The van der Waals surface area contributed by atoms with Crippen molar-refractivity contribution in [2.24, 2.45) is 11.8 Å². The van der Waals surface area contributed by atoms with Gasteiger partial charge in [0.05, 0.1) is 18.1 Å². The Morgan fingerprint density at radius 3 is 2.47 bits per heavy atom. The second-order valence-electron chi connectivity index (χ2n) is 6.13. The van der Waals surface area contributed by atoms with Crippen molar-refractivity contribution in [2.75, 3.05) is 26.2 Å². The van der Waals surface area contributed by atoms with Crippen LogP contribution >= 0.6 is 0 Å². The number of aliphatic carboxylic acids is 1. The summed E-state index contributed by atoms with van der Waals surface area (Å²) in [4.78, 5) is 26.7. The molecule has 6 heteroatoms. The first-order valence-electron chi connectivity index (χ1n) is 6.79. The molecule has 0 saturated carbocycles. The lowest BCUT2D eigenvalue weighted by Gasteiger charge is -2.38. The Balaban J connectivity index is 1.99. The highest BCUT2D eigenvalue weighted by atomic mass is 16.4. The standard InChI is InChI=1S/C13H22N2O4/c1-9-6-15(7-10(9)11(16)17)12(18)14-5-3-4-13(2,19)8-14/h9-10,19H,3-8H2,1-2H3,(H,16,17). The van der Waals surface area contributed by atoms with Gasteiger partial charge in [-0.05, 0) is 25.7 Å². The quantitative estimate of drug-likeness (QED) is 0.731. The van der Waals surface area contributed by atoms with Crippen molar-refractivity contribution in [3.05, 3.63) is 0 Å². The molecule has 0 aromatic rings. The van der Waals surface area contributed by atoms with Gasteiger partial charge in [0.25, 0.3) is 0 Å². The summed E-state index contributed by atoms with van der Waals surface area (Å²) >= 11 is 0. The Morgan fingerprint density at radius 1 is 1.26 bits per heavy atom. The number of piperidine rings is 1. The molecule has 0 aliphatic carbocycles. The monoisotopic (exact) mass is 270 g/mol. The Labute approximate surface area is 113 Å². The minimum Gasteiger partial charge on any atom is -0.481 e. The zero-order chi connectivity index (χ0) is 14.2. The van der Waals surface area contributed by atoms with Crippen molar-refractivity contribution < 1.29 is 19.8 Å². The van der Waals surface area contributed by atoms with Gasteiger partial charge in [-0.25, -0.2) is 4.79 Å². The van der Waals surface area contributed by atoms with Crippen molar-refractivity contribution >= 4 is 12.0 Å². The van der Waals surface area contributed by atoms with Gasteiger partial charge in [-0.2, -0.15) is 0 Å². The van der Waals surface area contributed by atoms with E-state index in [4.69, 9.17) is 5.11 Å². The number of hydrogen-bond donors (Lipinski definition) is 2. The average molecular weight is 270 g/mol. The van der Waals surface area contributed by atoms with Crippen LogP contribution in [-0.2, 0) is 4.79 Å². The van der Waals surface area contributed by atoms with E-state index in [2.05, 4.69) is 0 Å². The normalized spacial score (nSPS) is 35.5. The summed E-state index contributed by atoms with van der Waals surface area (Å²) in [5.41, 5.74) is -0.828. The van der Waals surface area contributed by atoms with Gasteiger partial charge in [0, 0.05) is 19.6 Å². The van der Waals surface area contributed by atoms with Crippen LogP contribution in [0.2, 0.25) is 0 Å². The highest BCUT2D eigenvalue weighted by Crippen LogP contribution is 2.26. The average Bonchev–Trinajstić information content (AvgIpc) is 2.69. The lowest BCUT2D eigenvalue weighted by Crippen LogP contribution is -2.52. The first-order chi connectivity index (χ1) is 8.80. The third-order valence-electron chi connectivity index (χ3n) is 4.15. The fourth-order valence-corrected chi connectivity index (χ4v) is 3.03. The molecule has 0 bridgehead atoms. The minimum absolute atomic E-state index is 0.0215. The molecule has 2 aliphatic rings. The molecule has 3 unspecified atom stereocenters. The molecule has 2 N–H and O–H groups in total. The van der Waals surface area contributed by atoms with Crippen molar-refractivity contribution in [1.82, 2.24) is 9.80 Å². The Hall–Kier alpha value is -1.30. The maximum absolute atomic E-state index is 12.3. The number of hydrogen-bond acceptors (Lipinski definition) is 3. The second kappa shape index (κ2) is 5.00. The highest BCUT2D eigenvalue weighted by molar-refractivity contribution is 5.78. The molecule has 2 amide bonds. The summed E-state index contributed by atoms with van der Waals surface area (Å²) < 4.78 is 0. The van der Waals surface area contributed by atoms with E-state index in [1.807, 2.05) is 6.92 Å². The van der Waals surface area contributed by atoms with E-state index in [0.717, 1.165) is 6.42 Å². The summed E-state index contributed by atoms with van der Waals surface area (Å²) in [7, 11) is 0. The van der Waals surface area contributed by atoms with E-state index < -0.39 is 17.5 Å². The van der Waals surface area contributed by atoms with Crippen LogP contribution in [0.1, 0.15) is 26.7 Å². The molecule has 0 aromatic heterocycles. The number of aliphatic hydroxyl groups is 1. The van der Waals surface area contributed by atoms with Gasteiger partial charge in [0.1, 0.15) is 0 Å². The SMILES string of the molecule is CC1CN(C(=O)N2CCCC(C)(O)C2)CC1C(=O)O.